The zero-order valence-corrected chi connectivity index (χ0v) is 11.8. The van der Waals surface area contributed by atoms with Gasteiger partial charge in [0.15, 0.2) is 0 Å². The highest BCUT2D eigenvalue weighted by Gasteiger charge is 2.28. The highest BCUT2D eigenvalue weighted by molar-refractivity contribution is 9.10. The monoisotopic (exact) mass is 285 g/mol. The lowest BCUT2D eigenvalue weighted by molar-refractivity contribution is 0.423. The maximum atomic E-state index is 4.29. The van der Waals surface area contributed by atoms with E-state index >= 15 is 0 Å². The molecule has 2 rings (SSSR count). The van der Waals surface area contributed by atoms with Gasteiger partial charge < -0.3 is 5.32 Å². The predicted octanol–water partition coefficient (Wildman–Crippen LogP) is 2.60. The Balaban J connectivity index is 1.99. The molecule has 3 nitrogen and oxygen atoms in total. The molecule has 90 valence electrons. The van der Waals surface area contributed by atoms with E-state index in [1.807, 2.05) is 17.9 Å². The molecule has 1 heterocycles. The molecule has 1 aliphatic carbocycles. The SMILES string of the molecule is Cn1ncc(Br)c1C(C)(C)CCNC1CC1. The lowest BCUT2D eigenvalue weighted by Crippen LogP contribution is -2.28. The second-order valence-electron chi connectivity index (χ2n) is 5.33. The Morgan fingerprint density at radius 1 is 1.56 bits per heavy atom. The molecule has 0 aromatic carbocycles. The molecule has 1 aromatic rings. The van der Waals surface area contributed by atoms with Crippen LogP contribution in [0.15, 0.2) is 10.7 Å². The van der Waals surface area contributed by atoms with Crippen LogP contribution in [0.2, 0.25) is 0 Å². The molecule has 0 radical (unpaired) electrons. The highest BCUT2D eigenvalue weighted by atomic mass is 79.9. The van der Waals surface area contributed by atoms with Crippen molar-refractivity contribution in [2.45, 2.75) is 44.6 Å². The van der Waals surface area contributed by atoms with E-state index in [0.717, 1.165) is 23.5 Å². The molecular weight excluding hydrogens is 266 g/mol. The number of nitrogens with one attached hydrogen (secondary N) is 1. The van der Waals surface area contributed by atoms with E-state index in [0.29, 0.717) is 0 Å². The van der Waals surface area contributed by atoms with Gasteiger partial charge in [0.1, 0.15) is 0 Å². The van der Waals surface area contributed by atoms with Crippen molar-refractivity contribution in [2.24, 2.45) is 7.05 Å². The smallest absolute Gasteiger partial charge is 0.0635 e. The largest absolute Gasteiger partial charge is 0.314 e. The Hall–Kier alpha value is -0.350. The summed E-state index contributed by atoms with van der Waals surface area (Å²) in [6.45, 7) is 5.65. The van der Waals surface area contributed by atoms with Gasteiger partial charge in [-0.1, -0.05) is 13.8 Å². The Morgan fingerprint density at radius 3 is 2.75 bits per heavy atom. The van der Waals surface area contributed by atoms with Crippen molar-refractivity contribution >= 4 is 15.9 Å². The van der Waals surface area contributed by atoms with E-state index in [-0.39, 0.29) is 5.41 Å². The fourth-order valence-electron chi connectivity index (χ4n) is 2.17. The quantitative estimate of drug-likeness (QED) is 0.901. The van der Waals surface area contributed by atoms with Gasteiger partial charge in [-0.25, -0.2) is 0 Å². The molecule has 0 spiro atoms. The third kappa shape index (κ3) is 2.66. The van der Waals surface area contributed by atoms with Gasteiger partial charge in [-0.05, 0) is 41.7 Å². The molecule has 0 unspecified atom stereocenters. The predicted molar refractivity (Wildman–Crippen MR) is 69.6 cm³/mol. The van der Waals surface area contributed by atoms with E-state index in [1.165, 1.54) is 18.5 Å². The lowest BCUT2D eigenvalue weighted by atomic mass is 9.85. The average molecular weight is 286 g/mol. The summed E-state index contributed by atoms with van der Waals surface area (Å²) in [6, 6.07) is 0.797. The van der Waals surface area contributed by atoms with E-state index in [1.54, 1.807) is 0 Å². The molecule has 1 aromatic heterocycles. The van der Waals surface area contributed by atoms with Crippen LogP contribution in [-0.2, 0) is 12.5 Å². The molecule has 16 heavy (non-hydrogen) atoms. The number of aryl methyl sites for hydroxylation is 1. The van der Waals surface area contributed by atoms with Crippen molar-refractivity contribution < 1.29 is 0 Å². The number of aromatic nitrogens is 2. The summed E-state index contributed by atoms with van der Waals surface area (Å²) in [5.41, 5.74) is 1.44. The summed E-state index contributed by atoms with van der Waals surface area (Å²) in [5, 5.41) is 7.86. The fourth-order valence-corrected chi connectivity index (χ4v) is 3.05. The number of rotatable bonds is 5. The minimum Gasteiger partial charge on any atom is -0.314 e. The first-order valence-electron chi connectivity index (χ1n) is 5.92. The van der Waals surface area contributed by atoms with Crippen LogP contribution in [-0.4, -0.2) is 22.4 Å². The van der Waals surface area contributed by atoms with Gasteiger partial charge in [0.05, 0.1) is 16.4 Å². The molecule has 0 bridgehead atoms. The molecule has 1 fully saturated rings. The first-order valence-corrected chi connectivity index (χ1v) is 6.71. The molecule has 1 N–H and O–H groups in total. The molecule has 0 saturated heterocycles. The molecule has 0 amide bonds. The van der Waals surface area contributed by atoms with Crippen molar-refractivity contribution in [1.29, 1.82) is 0 Å². The van der Waals surface area contributed by atoms with Gasteiger partial charge in [-0.2, -0.15) is 5.10 Å². The summed E-state index contributed by atoms with van der Waals surface area (Å²) in [7, 11) is 2.01. The topological polar surface area (TPSA) is 29.9 Å². The molecular formula is C12H20BrN3. The normalized spacial score (nSPS) is 16.8. The van der Waals surface area contributed by atoms with Gasteiger partial charge in [0, 0.05) is 18.5 Å². The Kier molecular flexibility index (Phi) is 3.40. The van der Waals surface area contributed by atoms with Crippen LogP contribution in [0.4, 0.5) is 0 Å². The Morgan fingerprint density at radius 2 is 2.25 bits per heavy atom. The first kappa shape index (κ1) is 12.1. The van der Waals surface area contributed by atoms with Crippen LogP contribution in [0.25, 0.3) is 0 Å². The third-order valence-corrected chi connectivity index (χ3v) is 3.88. The number of hydrogen-bond acceptors (Lipinski definition) is 2. The van der Waals surface area contributed by atoms with Crippen molar-refractivity contribution in [3.8, 4) is 0 Å². The van der Waals surface area contributed by atoms with E-state index in [9.17, 15) is 0 Å². The lowest BCUT2D eigenvalue weighted by Gasteiger charge is -2.25. The van der Waals surface area contributed by atoms with Crippen molar-refractivity contribution in [3.63, 3.8) is 0 Å². The number of hydrogen-bond donors (Lipinski definition) is 1. The average Bonchev–Trinajstić information content (AvgIpc) is 2.92. The fraction of sp³-hybridized carbons (Fsp3) is 0.750. The minimum atomic E-state index is 0.159. The van der Waals surface area contributed by atoms with E-state index in [2.05, 4.69) is 40.2 Å². The highest BCUT2D eigenvalue weighted by Crippen LogP contribution is 2.32. The minimum absolute atomic E-state index is 0.159. The zero-order valence-electron chi connectivity index (χ0n) is 10.3. The molecule has 1 saturated carbocycles. The van der Waals surface area contributed by atoms with Crippen molar-refractivity contribution in [1.82, 2.24) is 15.1 Å². The number of halogens is 1. The van der Waals surface area contributed by atoms with Crippen LogP contribution in [0.1, 0.15) is 38.8 Å². The summed E-state index contributed by atoms with van der Waals surface area (Å²) < 4.78 is 3.09. The summed E-state index contributed by atoms with van der Waals surface area (Å²) in [4.78, 5) is 0. The van der Waals surface area contributed by atoms with Crippen LogP contribution in [0, 0.1) is 0 Å². The van der Waals surface area contributed by atoms with Gasteiger partial charge in [-0.3, -0.25) is 4.68 Å². The van der Waals surface area contributed by atoms with Gasteiger partial charge in [0.25, 0.3) is 0 Å². The molecule has 0 atom stereocenters. The second-order valence-corrected chi connectivity index (χ2v) is 6.18. The number of nitrogens with zero attached hydrogens (tertiary/aromatic N) is 2. The van der Waals surface area contributed by atoms with Crippen LogP contribution in [0.5, 0.6) is 0 Å². The van der Waals surface area contributed by atoms with E-state index in [4.69, 9.17) is 0 Å². The standard InChI is InChI=1S/C12H20BrN3/c1-12(2,6-7-14-9-4-5-9)11-10(13)8-15-16(11)3/h8-9,14H,4-7H2,1-3H3. The van der Waals surface area contributed by atoms with E-state index < -0.39 is 0 Å². The molecule has 0 aliphatic heterocycles. The summed E-state index contributed by atoms with van der Waals surface area (Å²) >= 11 is 3.58. The summed E-state index contributed by atoms with van der Waals surface area (Å²) in [6.07, 6.45) is 5.73. The maximum Gasteiger partial charge on any atom is 0.0635 e. The summed E-state index contributed by atoms with van der Waals surface area (Å²) in [5.74, 6) is 0. The van der Waals surface area contributed by atoms with Crippen LogP contribution >= 0.6 is 15.9 Å². The van der Waals surface area contributed by atoms with Gasteiger partial charge in [-0.15, -0.1) is 0 Å². The second kappa shape index (κ2) is 4.49. The van der Waals surface area contributed by atoms with Crippen LogP contribution in [0.3, 0.4) is 0 Å². The van der Waals surface area contributed by atoms with Gasteiger partial charge in [0.2, 0.25) is 0 Å². The Bertz CT molecular complexity index is 347. The zero-order chi connectivity index (χ0) is 11.8. The molecule has 1 aliphatic rings. The maximum absolute atomic E-state index is 4.29. The third-order valence-electron chi connectivity index (χ3n) is 3.30. The van der Waals surface area contributed by atoms with Gasteiger partial charge >= 0.3 is 0 Å². The van der Waals surface area contributed by atoms with Crippen molar-refractivity contribution in [2.75, 3.05) is 6.54 Å². The van der Waals surface area contributed by atoms with Crippen molar-refractivity contribution in [3.05, 3.63) is 16.4 Å². The first-order chi connectivity index (χ1) is 7.50. The van der Waals surface area contributed by atoms with Crippen LogP contribution < -0.4 is 5.32 Å². The Labute approximate surface area is 106 Å². The molecule has 4 heteroatoms.